The van der Waals surface area contributed by atoms with Crippen LogP contribution >= 0.6 is 11.3 Å². The van der Waals surface area contributed by atoms with Crippen LogP contribution in [0, 0.1) is 0 Å². The van der Waals surface area contributed by atoms with Gasteiger partial charge in [0.25, 0.3) is 5.91 Å². The lowest BCUT2D eigenvalue weighted by Crippen LogP contribution is -2.35. The van der Waals surface area contributed by atoms with E-state index in [1.54, 1.807) is 18.3 Å². The number of carbonyl (C=O) groups excluding carboxylic acids is 2. The molecule has 0 aliphatic heterocycles. The van der Waals surface area contributed by atoms with Crippen LogP contribution < -0.4 is 5.32 Å². The maximum absolute atomic E-state index is 13.1. The Morgan fingerprint density at radius 3 is 2.83 bits per heavy atom. The third-order valence-electron chi connectivity index (χ3n) is 5.01. The maximum Gasteiger partial charge on any atom is 0.339 e. The van der Waals surface area contributed by atoms with E-state index in [0.717, 1.165) is 45.5 Å². The van der Waals surface area contributed by atoms with Crippen molar-refractivity contribution in [2.24, 2.45) is 0 Å². The number of ether oxygens (including phenoxy) is 1. The lowest BCUT2D eigenvalue weighted by molar-refractivity contribution is -0.128. The quantitative estimate of drug-likeness (QED) is 0.635. The minimum atomic E-state index is -0.854. The molecule has 0 bridgehead atoms. The summed E-state index contributed by atoms with van der Waals surface area (Å²) in [7, 11) is 0. The van der Waals surface area contributed by atoms with E-state index in [9.17, 15) is 9.59 Å². The van der Waals surface area contributed by atoms with Crippen molar-refractivity contribution in [3.05, 3.63) is 63.5 Å². The van der Waals surface area contributed by atoms with E-state index in [1.807, 2.05) is 42.6 Å². The molecule has 0 fully saturated rings. The van der Waals surface area contributed by atoms with Crippen LogP contribution in [-0.4, -0.2) is 29.5 Å². The van der Waals surface area contributed by atoms with Gasteiger partial charge in [-0.25, -0.2) is 9.78 Å². The van der Waals surface area contributed by atoms with Crippen molar-refractivity contribution in [2.75, 3.05) is 6.54 Å². The average Bonchev–Trinajstić information content (AvgIpc) is 3.37. The van der Waals surface area contributed by atoms with Gasteiger partial charge >= 0.3 is 5.97 Å². The molecule has 1 atom stereocenters. The first kappa shape index (κ1) is 19.3. The Kier molecular flexibility index (Phi) is 5.45. The zero-order valence-corrected chi connectivity index (χ0v) is 17.2. The van der Waals surface area contributed by atoms with Gasteiger partial charge in [-0.3, -0.25) is 4.79 Å². The molecule has 3 aromatic rings. The summed E-state index contributed by atoms with van der Waals surface area (Å²) in [5.41, 5.74) is 4.16. The number of carbonyl (C=O) groups is 2. The van der Waals surface area contributed by atoms with Crippen molar-refractivity contribution in [1.82, 2.24) is 10.3 Å². The molecule has 6 heteroatoms. The molecular formula is C23H22N2O3S. The lowest BCUT2D eigenvalue weighted by Gasteiger charge is -2.16. The summed E-state index contributed by atoms with van der Waals surface area (Å²) >= 11 is 1.67. The summed E-state index contributed by atoms with van der Waals surface area (Å²) in [5.74, 6) is -0.773. The summed E-state index contributed by atoms with van der Waals surface area (Å²) < 4.78 is 5.53. The highest BCUT2D eigenvalue weighted by Gasteiger charge is 2.29. The fourth-order valence-electron chi connectivity index (χ4n) is 3.65. The van der Waals surface area contributed by atoms with Crippen molar-refractivity contribution in [2.45, 2.75) is 32.8 Å². The van der Waals surface area contributed by atoms with E-state index in [1.165, 1.54) is 0 Å². The number of para-hydroxylation sites is 1. The Labute approximate surface area is 173 Å². The monoisotopic (exact) mass is 406 g/mol. The van der Waals surface area contributed by atoms with Gasteiger partial charge in [0.2, 0.25) is 0 Å². The Bertz CT molecular complexity index is 1100. The number of nitrogens with one attached hydrogen (secondary N) is 1. The number of benzene rings is 1. The number of likely N-dealkylation sites (N-methyl/N-ethyl adjacent to an activating group) is 1. The molecule has 2 aromatic heterocycles. The van der Waals surface area contributed by atoms with Gasteiger partial charge in [0.05, 0.1) is 16.8 Å². The first-order valence-electron chi connectivity index (χ1n) is 9.73. The van der Waals surface area contributed by atoms with Crippen LogP contribution in [0.3, 0.4) is 0 Å². The highest BCUT2D eigenvalue weighted by atomic mass is 32.1. The van der Waals surface area contributed by atoms with Gasteiger partial charge in [-0.15, -0.1) is 11.3 Å². The summed E-state index contributed by atoms with van der Waals surface area (Å²) in [6, 6.07) is 11.7. The summed E-state index contributed by atoms with van der Waals surface area (Å²) in [5, 5.41) is 5.49. The second-order valence-electron chi connectivity index (χ2n) is 6.96. The van der Waals surface area contributed by atoms with Crippen LogP contribution in [0.15, 0.2) is 41.8 Å². The molecule has 29 heavy (non-hydrogen) atoms. The second-order valence-corrected chi connectivity index (χ2v) is 7.94. The van der Waals surface area contributed by atoms with E-state index >= 15 is 0 Å². The molecule has 0 saturated carbocycles. The van der Waals surface area contributed by atoms with Gasteiger partial charge < -0.3 is 10.1 Å². The number of pyridine rings is 1. The molecule has 1 aliphatic rings. The van der Waals surface area contributed by atoms with Crippen LogP contribution in [-0.2, 0) is 16.0 Å². The fourth-order valence-corrected chi connectivity index (χ4v) is 4.33. The van der Waals surface area contributed by atoms with E-state index in [4.69, 9.17) is 9.72 Å². The van der Waals surface area contributed by atoms with Crippen molar-refractivity contribution >= 4 is 45.8 Å². The Morgan fingerprint density at radius 2 is 2.07 bits per heavy atom. The van der Waals surface area contributed by atoms with E-state index in [-0.39, 0.29) is 5.91 Å². The smallest absolute Gasteiger partial charge is 0.339 e. The predicted molar refractivity (Wildman–Crippen MR) is 116 cm³/mol. The van der Waals surface area contributed by atoms with Gasteiger partial charge in [0, 0.05) is 16.8 Å². The SMILES string of the molecule is CCNC(=O)[C@H](C)OC(=O)c1c2c(nc3ccccc13)/C(=C/c1cccs1)CC2. The van der Waals surface area contributed by atoms with Gasteiger partial charge in [-0.1, -0.05) is 24.3 Å². The zero-order chi connectivity index (χ0) is 20.4. The van der Waals surface area contributed by atoms with Crippen LogP contribution in [0.25, 0.3) is 22.6 Å². The molecule has 1 N–H and O–H groups in total. The lowest BCUT2D eigenvalue weighted by atomic mass is 10.0. The predicted octanol–water partition coefficient (Wildman–Crippen LogP) is 4.46. The van der Waals surface area contributed by atoms with Gasteiger partial charge in [-0.2, -0.15) is 0 Å². The van der Waals surface area contributed by atoms with Crippen LogP contribution in [0.2, 0.25) is 0 Å². The van der Waals surface area contributed by atoms with E-state index < -0.39 is 12.1 Å². The topological polar surface area (TPSA) is 68.3 Å². The third kappa shape index (κ3) is 3.80. The molecule has 2 heterocycles. The van der Waals surface area contributed by atoms with Crippen molar-refractivity contribution < 1.29 is 14.3 Å². The molecule has 1 aromatic carbocycles. The Morgan fingerprint density at radius 1 is 1.24 bits per heavy atom. The first-order valence-corrected chi connectivity index (χ1v) is 10.6. The van der Waals surface area contributed by atoms with Gasteiger partial charge in [-0.05, 0) is 61.4 Å². The van der Waals surface area contributed by atoms with Crippen LogP contribution in [0.1, 0.15) is 46.8 Å². The minimum absolute atomic E-state index is 0.297. The Hall–Kier alpha value is -2.99. The molecule has 1 aliphatic carbocycles. The molecule has 0 radical (unpaired) electrons. The van der Waals surface area contributed by atoms with Gasteiger partial charge in [0.1, 0.15) is 0 Å². The Balaban J connectivity index is 1.78. The number of esters is 1. The minimum Gasteiger partial charge on any atom is -0.449 e. The number of aromatic nitrogens is 1. The molecule has 0 unspecified atom stereocenters. The summed E-state index contributed by atoms with van der Waals surface area (Å²) in [6.07, 6.45) is 2.84. The first-order chi connectivity index (χ1) is 14.1. The van der Waals surface area contributed by atoms with Crippen LogP contribution in [0.5, 0.6) is 0 Å². The number of fused-ring (bicyclic) bond motifs is 2. The van der Waals surface area contributed by atoms with Crippen LogP contribution in [0.4, 0.5) is 0 Å². The number of nitrogens with zero attached hydrogens (tertiary/aromatic N) is 1. The highest BCUT2D eigenvalue weighted by molar-refractivity contribution is 7.10. The molecule has 5 nitrogen and oxygen atoms in total. The molecule has 1 amide bonds. The van der Waals surface area contributed by atoms with E-state index in [2.05, 4.69) is 17.5 Å². The largest absolute Gasteiger partial charge is 0.449 e. The molecule has 0 spiro atoms. The molecule has 148 valence electrons. The van der Waals surface area contributed by atoms with Gasteiger partial charge in [0.15, 0.2) is 6.10 Å². The summed E-state index contributed by atoms with van der Waals surface area (Å²) in [4.78, 5) is 31.2. The van der Waals surface area contributed by atoms with E-state index in [0.29, 0.717) is 12.1 Å². The van der Waals surface area contributed by atoms with Crippen molar-refractivity contribution in [1.29, 1.82) is 0 Å². The highest BCUT2D eigenvalue weighted by Crippen LogP contribution is 2.38. The normalized spacial score (nSPS) is 15.3. The average molecular weight is 407 g/mol. The molecule has 0 saturated heterocycles. The summed E-state index contributed by atoms with van der Waals surface area (Å²) in [6.45, 7) is 3.91. The van der Waals surface area contributed by atoms with Crippen molar-refractivity contribution in [3.8, 4) is 0 Å². The second kappa shape index (κ2) is 8.17. The standard InChI is InChI=1S/C23H22N2O3S/c1-3-24-22(26)14(2)28-23(27)20-17-8-4-5-9-19(17)25-21-15(10-11-18(20)21)13-16-7-6-12-29-16/h4-9,12-14H,3,10-11H2,1-2H3,(H,24,26)/b15-13+/t14-/m0/s1. The maximum atomic E-state index is 13.1. The fraction of sp³-hybridized carbons (Fsp3) is 0.261. The number of allylic oxidation sites excluding steroid dienone is 1. The van der Waals surface area contributed by atoms with Crippen molar-refractivity contribution in [3.63, 3.8) is 0 Å². The number of amides is 1. The molecular weight excluding hydrogens is 384 g/mol. The zero-order valence-electron chi connectivity index (χ0n) is 16.4. The number of hydrogen-bond donors (Lipinski definition) is 1. The number of thiophene rings is 1. The molecule has 4 rings (SSSR count). The number of hydrogen-bond acceptors (Lipinski definition) is 5. The third-order valence-corrected chi connectivity index (χ3v) is 5.83. The number of rotatable bonds is 5.